The lowest BCUT2D eigenvalue weighted by Crippen LogP contribution is -2.56. The van der Waals surface area contributed by atoms with E-state index in [0.717, 1.165) is 31.5 Å². The molecule has 4 rings (SSSR count). The third kappa shape index (κ3) is 4.17. The van der Waals surface area contributed by atoms with E-state index in [0.29, 0.717) is 30.0 Å². The van der Waals surface area contributed by atoms with Gasteiger partial charge in [0.2, 0.25) is 11.8 Å². The standard InChI is InChI=1S/C24H29N5O3/c1-3-27(4-2)23(31)17-10-11-19-21(14-17)29(24(32)20-9-5-6-13-28(19)20)16-22(30)26-18-8-7-12-25-15-18/h7-8,10-12,14-15,20H,3-6,9,13,16H2,1-2H3,(H,26,30)/t20-/m0/s1. The average Bonchev–Trinajstić information content (AvgIpc) is 2.82. The molecule has 0 spiro atoms. The van der Waals surface area contributed by atoms with Crippen LogP contribution in [-0.2, 0) is 9.59 Å². The summed E-state index contributed by atoms with van der Waals surface area (Å²) >= 11 is 0. The maximum Gasteiger partial charge on any atom is 0.253 e. The highest BCUT2D eigenvalue weighted by Gasteiger charge is 2.40. The quantitative estimate of drug-likeness (QED) is 0.754. The molecule has 0 aliphatic carbocycles. The van der Waals surface area contributed by atoms with Crippen LogP contribution in [0, 0.1) is 0 Å². The Bertz CT molecular complexity index is 1010. The van der Waals surface area contributed by atoms with Gasteiger partial charge in [-0.25, -0.2) is 0 Å². The van der Waals surface area contributed by atoms with Crippen LogP contribution in [0.25, 0.3) is 0 Å². The molecule has 8 heteroatoms. The van der Waals surface area contributed by atoms with Gasteiger partial charge in [0, 0.05) is 31.4 Å². The van der Waals surface area contributed by atoms with E-state index in [1.807, 2.05) is 26.0 Å². The van der Waals surface area contributed by atoms with Crippen molar-refractivity contribution in [3.05, 3.63) is 48.3 Å². The first-order chi connectivity index (χ1) is 15.5. The Morgan fingerprint density at radius 2 is 1.97 bits per heavy atom. The van der Waals surface area contributed by atoms with E-state index in [-0.39, 0.29) is 30.3 Å². The number of nitrogens with one attached hydrogen (secondary N) is 1. The Morgan fingerprint density at radius 1 is 1.16 bits per heavy atom. The molecule has 1 saturated heterocycles. The molecule has 2 aliphatic heterocycles. The molecule has 2 aliphatic rings. The SMILES string of the molecule is CCN(CC)C(=O)c1ccc2c(c1)N(CC(=O)Nc1cccnc1)C(=O)[C@@H]1CCCCN21. The van der Waals surface area contributed by atoms with E-state index < -0.39 is 0 Å². The van der Waals surface area contributed by atoms with Crippen molar-refractivity contribution in [3.8, 4) is 0 Å². The minimum Gasteiger partial charge on any atom is -0.358 e. The molecule has 8 nitrogen and oxygen atoms in total. The van der Waals surface area contributed by atoms with Crippen LogP contribution >= 0.6 is 0 Å². The number of hydrogen-bond acceptors (Lipinski definition) is 5. The molecule has 1 aromatic carbocycles. The highest BCUT2D eigenvalue weighted by Crippen LogP contribution is 2.40. The number of fused-ring (bicyclic) bond motifs is 3. The van der Waals surface area contributed by atoms with Crippen LogP contribution in [0.15, 0.2) is 42.7 Å². The van der Waals surface area contributed by atoms with Crippen molar-refractivity contribution >= 4 is 34.8 Å². The number of hydrogen-bond donors (Lipinski definition) is 1. The summed E-state index contributed by atoms with van der Waals surface area (Å²) in [6.45, 7) is 5.78. The monoisotopic (exact) mass is 435 g/mol. The zero-order valence-electron chi connectivity index (χ0n) is 18.6. The molecule has 0 unspecified atom stereocenters. The van der Waals surface area contributed by atoms with E-state index in [1.54, 1.807) is 35.5 Å². The largest absolute Gasteiger partial charge is 0.358 e. The number of carbonyl (C=O) groups excluding carboxylic acids is 3. The van der Waals surface area contributed by atoms with Gasteiger partial charge in [-0.15, -0.1) is 0 Å². The van der Waals surface area contributed by atoms with Crippen LogP contribution in [-0.4, -0.2) is 59.8 Å². The normalized spacial score (nSPS) is 17.4. The van der Waals surface area contributed by atoms with Crippen molar-refractivity contribution in [2.24, 2.45) is 0 Å². The molecule has 1 fully saturated rings. The van der Waals surface area contributed by atoms with Gasteiger partial charge >= 0.3 is 0 Å². The average molecular weight is 436 g/mol. The first-order valence-electron chi connectivity index (χ1n) is 11.2. The second kappa shape index (κ2) is 9.38. The molecule has 3 amide bonds. The van der Waals surface area contributed by atoms with E-state index in [9.17, 15) is 14.4 Å². The van der Waals surface area contributed by atoms with Crippen LogP contribution in [0.3, 0.4) is 0 Å². The summed E-state index contributed by atoms with van der Waals surface area (Å²) in [5, 5.41) is 2.80. The summed E-state index contributed by atoms with van der Waals surface area (Å²) in [7, 11) is 0. The highest BCUT2D eigenvalue weighted by molar-refractivity contribution is 6.11. The second-order valence-corrected chi connectivity index (χ2v) is 8.10. The topological polar surface area (TPSA) is 85.9 Å². The number of carbonyl (C=O) groups is 3. The number of anilines is 3. The number of amides is 3. The van der Waals surface area contributed by atoms with Gasteiger partial charge in [-0.2, -0.15) is 0 Å². The van der Waals surface area contributed by atoms with E-state index >= 15 is 0 Å². The molecule has 1 aromatic heterocycles. The number of nitrogens with zero attached hydrogens (tertiary/aromatic N) is 4. The second-order valence-electron chi connectivity index (χ2n) is 8.10. The Morgan fingerprint density at radius 3 is 2.69 bits per heavy atom. The fourth-order valence-corrected chi connectivity index (χ4v) is 4.53. The molecule has 0 saturated carbocycles. The number of rotatable bonds is 6. The van der Waals surface area contributed by atoms with Crippen LogP contribution < -0.4 is 15.1 Å². The molecule has 1 atom stereocenters. The predicted molar refractivity (Wildman–Crippen MR) is 124 cm³/mol. The summed E-state index contributed by atoms with van der Waals surface area (Å²) in [6.07, 6.45) is 5.96. The minimum absolute atomic E-state index is 0.0780. The Labute approximate surface area is 188 Å². The molecule has 168 valence electrons. The lowest BCUT2D eigenvalue weighted by molar-refractivity contribution is -0.123. The molecule has 1 N–H and O–H groups in total. The lowest BCUT2D eigenvalue weighted by atomic mass is 9.95. The van der Waals surface area contributed by atoms with Gasteiger partial charge in [-0.1, -0.05) is 0 Å². The van der Waals surface area contributed by atoms with Crippen LogP contribution in [0.4, 0.5) is 17.1 Å². The summed E-state index contributed by atoms with van der Waals surface area (Å²) in [5.74, 6) is -0.473. The van der Waals surface area contributed by atoms with Crippen LogP contribution in [0.5, 0.6) is 0 Å². The Kier molecular flexibility index (Phi) is 6.39. The fraction of sp³-hybridized carbons (Fsp3) is 0.417. The highest BCUT2D eigenvalue weighted by atomic mass is 16.2. The van der Waals surface area contributed by atoms with E-state index in [2.05, 4.69) is 15.2 Å². The number of pyridine rings is 1. The maximum atomic E-state index is 13.4. The van der Waals surface area contributed by atoms with Gasteiger partial charge in [0.1, 0.15) is 12.6 Å². The van der Waals surface area contributed by atoms with Gasteiger partial charge in [0.15, 0.2) is 0 Å². The molecule has 2 aromatic rings. The first-order valence-corrected chi connectivity index (χ1v) is 11.2. The molecule has 3 heterocycles. The zero-order valence-corrected chi connectivity index (χ0v) is 18.6. The summed E-state index contributed by atoms with van der Waals surface area (Å²) < 4.78 is 0. The van der Waals surface area contributed by atoms with Crippen molar-refractivity contribution in [1.82, 2.24) is 9.88 Å². The molecular formula is C24H29N5O3. The molecule has 0 radical (unpaired) electrons. The van der Waals surface area contributed by atoms with Crippen LogP contribution in [0.2, 0.25) is 0 Å². The van der Waals surface area contributed by atoms with Gasteiger partial charge in [-0.3, -0.25) is 24.3 Å². The number of aromatic nitrogens is 1. The van der Waals surface area contributed by atoms with E-state index in [1.165, 1.54) is 4.90 Å². The van der Waals surface area contributed by atoms with Crippen LogP contribution in [0.1, 0.15) is 43.5 Å². The number of benzene rings is 1. The van der Waals surface area contributed by atoms with Gasteiger partial charge in [-0.05, 0) is 63.4 Å². The predicted octanol–water partition coefficient (Wildman–Crippen LogP) is 2.91. The van der Waals surface area contributed by atoms with Crippen molar-refractivity contribution in [3.63, 3.8) is 0 Å². The van der Waals surface area contributed by atoms with E-state index in [4.69, 9.17) is 0 Å². The lowest BCUT2D eigenvalue weighted by Gasteiger charge is -2.45. The third-order valence-electron chi connectivity index (χ3n) is 6.17. The van der Waals surface area contributed by atoms with Crippen molar-refractivity contribution in [2.75, 3.05) is 41.3 Å². The van der Waals surface area contributed by atoms with Crippen molar-refractivity contribution < 1.29 is 14.4 Å². The minimum atomic E-state index is -0.304. The van der Waals surface area contributed by atoms with Gasteiger partial charge < -0.3 is 15.1 Å². The van der Waals surface area contributed by atoms with Crippen molar-refractivity contribution in [2.45, 2.75) is 39.2 Å². The third-order valence-corrected chi connectivity index (χ3v) is 6.17. The zero-order chi connectivity index (χ0) is 22.7. The Hall–Kier alpha value is -3.42. The maximum absolute atomic E-state index is 13.4. The van der Waals surface area contributed by atoms with Gasteiger partial charge in [0.25, 0.3) is 5.91 Å². The summed E-state index contributed by atoms with van der Waals surface area (Å²) in [6, 6.07) is 8.72. The molecule has 0 bridgehead atoms. The molecule has 32 heavy (non-hydrogen) atoms. The molecular weight excluding hydrogens is 406 g/mol. The van der Waals surface area contributed by atoms with Gasteiger partial charge in [0.05, 0.1) is 23.3 Å². The van der Waals surface area contributed by atoms with Crippen molar-refractivity contribution in [1.29, 1.82) is 0 Å². The number of piperidine rings is 1. The Balaban J connectivity index is 1.67. The summed E-state index contributed by atoms with van der Waals surface area (Å²) in [4.78, 5) is 48.6. The fourth-order valence-electron chi connectivity index (χ4n) is 4.53. The smallest absolute Gasteiger partial charge is 0.253 e. The summed E-state index contributed by atoms with van der Waals surface area (Å²) in [5.41, 5.74) is 2.62. The first kappa shape index (κ1) is 21.8.